The van der Waals surface area contributed by atoms with Gasteiger partial charge < -0.3 is 25.2 Å². The van der Waals surface area contributed by atoms with Crippen LogP contribution in [-0.4, -0.2) is 81.0 Å². The van der Waals surface area contributed by atoms with Crippen LogP contribution in [0.15, 0.2) is 42.5 Å². The molecule has 4 rings (SSSR count). The number of ketones is 1. The van der Waals surface area contributed by atoms with E-state index in [2.05, 4.69) is 10.6 Å². The number of ether oxygens (including phenoxy) is 1. The zero-order valence-corrected chi connectivity index (χ0v) is 22.2. The number of carbonyl (C=O) groups is 4. The SMILES string of the molecule is CNCc1ccc(C(=O)CCC(=O)N2CCN(c3ccc(N4CC(CNC(C)=O)OC4=O)cc3F)CC2)cc1. The van der Waals surface area contributed by atoms with Crippen molar-refractivity contribution in [3.63, 3.8) is 0 Å². The second kappa shape index (κ2) is 12.7. The van der Waals surface area contributed by atoms with Crippen LogP contribution < -0.4 is 20.4 Å². The molecule has 208 valence electrons. The molecule has 11 heteroatoms. The Bertz CT molecular complexity index is 1210. The first-order valence-corrected chi connectivity index (χ1v) is 13.1. The van der Waals surface area contributed by atoms with Crippen molar-refractivity contribution < 1.29 is 28.3 Å². The molecule has 2 saturated heterocycles. The molecule has 3 amide bonds. The van der Waals surface area contributed by atoms with Crippen molar-refractivity contribution in [2.75, 3.05) is 56.1 Å². The lowest BCUT2D eigenvalue weighted by Gasteiger charge is -2.36. The minimum absolute atomic E-state index is 0.0662. The Hall–Kier alpha value is -3.99. The Morgan fingerprint density at radius 3 is 2.38 bits per heavy atom. The highest BCUT2D eigenvalue weighted by molar-refractivity contribution is 5.98. The number of nitrogens with one attached hydrogen (secondary N) is 2. The van der Waals surface area contributed by atoms with E-state index in [9.17, 15) is 19.2 Å². The van der Waals surface area contributed by atoms with Gasteiger partial charge in [0, 0.05) is 58.1 Å². The number of benzene rings is 2. The van der Waals surface area contributed by atoms with Crippen LogP contribution in [0, 0.1) is 5.82 Å². The van der Waals surface area contributed by atoms with Gasteiger partial charge in [0.2, 0.25) is 11.8 Å². The second-order valence-corrected chi connectivity index (χ2v) is 9.71. The van der Waals surface area contributed by atoms with E-state index in [1.807, 2.05) is 24.1 Å². The molecule has 1 atom stereocenters. The Morgan fingerprint density at radius 1 is 1.03 bits per heavy atom. The predicted molar refractivity (Wildman–Crippen MR) is 144 cm³/mol. The largest absolute Gasteiger partial charge is 0.442 e. The smallest absolute Gasteiger partial charge is 0.414 e. The highest BCUT2D eigenvalue weighted by Gasteiger charge is 2.33. The number of piperazine rings is 1. The van der Waals surface area contributed by atoms with Crippen molar-refractivity contribution in [1.82, 2.24) is 15.5 Å². The van der Waals surface area contributed by atoms with Gasteiger partial charge >= 0.3 is 6.09 Å². The summed E-state index contributed by atoms with van der Waals surface area (Å²) in [6, 6.07) is 12.0. The van der Waals surface area contributed by atoms with Crippen molar-refractivity contribution in [2.24, 2.45) is 0 Å². The van der Waals surface area contributed by atoms with Crippen molar-refractivity contribution >= 4 is 35.1 Å². The monoisotopic (exact) mass is 539 g/mol. The summed E-state index contributed by atoms with van der Waals surface area (Å²) in [7, 11) is 1.86. The van der Waals surface area contributed by atoms with E-state index in [0.717, 1.165) is 12.1 Å². The molecule has 10 nitrogen and oxygen atoms in total. The first-order valence-electron chi connectivity index (χ1n) is 13.1. The third kappa shape index (κ3) is 7.11. The zero-order valence-electron chi connectivity index (χ0n) is 22.2. The quantitative estimate of drug-likeness (QED) is 0.446. The number of Topliss-reactive ketones (excluding diaryl/α,β-unsaturated/α-hetero) is 1. The number of hydrogen-bond acceptors (Lipinski definition) is 7. The van der Waals surface area contributed by atoms with E-state index in [-0.39, 0.29) is 43.5 Å². The first-order chi connectivity index (χ1) is 18.7. The van der Waals surface area contributed by atoms with Gasteiger partial charge in [0.15, 0.2) is 5.78 Å². The molecule has 2 N–H and O–H groups in total. The minimum Gasteiger partial charge on any atom is -0.442 e. The van der Waals surface area contributed by atoms with Gasteiger partial charge in [-0.2, -0.15) is 0 Å². The van der Waals surface area contributed by atoms with Gasteiger partial charge in [-0.3, -0.25) is 19.3 Å². The Morgan fingerprint density at radius 2 is 1.74 bits per heavy atom. The summed E-state index contributed by atoms with van der Waals surface area (Å²) < 4.78 is 20.3. The van der Waals surface area contributed by atoms with Gasteiger partial charge in [-0.25, -0.2) is 9.18 Å². The van der Waals surface area contributed by atoms with Crippen molar-refractivity contribution in [3.05, 3.63) is 59.4 Å². The van der Waals surface area contributed by atoms with Gasteiger partial charge in [0.1, 0.15) is 11.9 Å². The molecule has 0 radical (unpaired) electrons. The van der Waals surface area contributed by atoms with E-state index >= 15 is 4.39 Å². The number of amides is 3. The van der Waals surface area contributed by atoms with Gasteiger partial charge in [0.25, 0.3) is 0 Å². The van der Waals surface area contributed by atoms with E-state index in [1.54, 1.807) is 29.2 Å². The van der Waals surface area contributed by atoms with Gasteiger partial charge in [-0.05, 0) is 30.8 Å². The van der Waals surface area contributed by atoms with Crippen LogP contribution in [0.25, 0.3) is 0 Å². The standard InChI is InChI=1S/C28H34FN5O5/c1-19(35)31-17-23-18-34(28(38)39-23)22-7-8-25(24(29)15-22)32-11-13-33(14-12-32)27(37)10-9-26(36)21-5-3-20(4-6-21)16-30-2/h3-8,15,23,30H,9-14,16-18H2,1-2H3,(H,31,35). The van der Waals surface area contributed by atoms with Crippen LogP contribution in [0.3, 0.4) is 0 Å². The fourth-order valence-electron chi connectivity index (χ4n) is 4.75. The summed E-state index contributed by atoms with van der Waals surface area (Å²) in [6.45, 7) is 4.27. The number of hydrogen-bond donors (Lipinski definition) is 2. The summed E-state index contributed by atoms with van der Waals surface area (Å²) >= 11 is 0. The van der Waals surface area contributed by atoms with Crippen LogP contribution in [0.5, 0.6) is 0 Å². The average molecular weight is 540 g/mol. The van der Waals surface area contributed by atoms with Crippen molar-refractivity contribution in [3.8, 4) is 0 Å². The molecule has 0 aromatic heterocycles. The van der Waals surface area contributed by atoms with Crippen LogP contribution in [0.1, 0.15) is 35.7 Å². The van der Waals surface area contributed by atoms with Gasteiger partial charge in [0.05, 0.1) is 24.5 Å². The van der Waals surface area contributed by atoms with Crippen LogP contribution in [0.4, 0.5) is 20.6 Å². The van der Waals surface area contributed by atoms with E-state index in [1.165, 1.54) is 17.9 Å². The third-order valence-corrected chi connectivity index (χ3v) is 6.89. The molecule has 0 saturated carbocycles. The van der Waals surface area contributed by atoms with Crippen LogP contribution in [-0.2, 0) is 20.9 Å². The maximum Gasteiger partial charge on any atom is 0.414 e. The normalized spacial score (nSPS) is 17.3. The molecular weight excluding hydrogens is 505 g/mol. The first kappa shape index (κ1) is 28.0. The Balaban J connectivity index is 1.26. The summed E-state index contributed by atoms with van der Waals surface area (Å²) in [6.07, 6.45) is -0.817. The maximum atomic E-state index is 15.1. The van der Waals surface area contributed by atoms with Crippen LogP contribution >= 0.6 is 0 Å². The highest BCUT2D eigenvalue weighted by atomic mass is 19.1. The molecule has 2 aromatic rings. The van der Waals surface area contributed by atoms with E-state index in [0.29, 0.717) is 43.1 Å². The number of anilines is 2. The molecule has 0 aliphatic carbocycles. The number of nitrogens with zero attached hydrogens (tertiary/aromatic N) is 3. The highest BCUT2D eigenvalue weighted by Crippen LogP contribution is 2.28. The topological polar surface area (TPSA) is 111 Å². The molecule has 2 aromatic carbocycles. The fourth-order valence-corrected chi connectivity index (χ4v) is 4.75. The number of cyclic esters (lactones) is 1. The third-order valence-electron chi connectivity index (χ3n) is 6.89. The lowest BCUT2D eigenvalue weighted by Crippen LogP contribution is -2.49. The fraction of sp³-hybridized carbons (Fsp3) is 0.429. The average Bonchev–Trinajstić information content (AvgIpc) is 3.31. The lowest BCUT2D eigenvalue weighted by molar-refractivity contribution is -0.131. The molecule has 39 heavy (non-hydrogen) atoms. The maximum absolute atomic E-state index is 15.1. The van der Waals surface area contributed by atoms with Crippen molar-refractivity contribution in [2.45, 2.75) is 32.4 Å². The lowest BCUT2D eigenvalue weighted by atomic mass is 10.0. The molecule has 1 unspecified atom stereocenters. The van der Waals surface area contributed by atoms with E-state index in [4.69, 9.17) is 4.74 Å². The second-order valence-electron chi connectivity index (χ2n) is 9.71. The van der Waals surface area contributed by atoms with E-state index < -0.39 is 18.0 Å². The molecule has 2 heterocycles. The van der Waals surface area contributed by atoms with Gasteiger partial charge in [-0.15, -0.1) is 0 Å². The molecule has 0 spiro atoms. The molecule has 2 aliphatic rings. The van der Waals surface area contributed by atoms with Crippen LogP contribution in [0.2, 0.25) is 0 Å². The molecular formula is C28H34FN5O5. The Kier molecular flexibility index (Phi) is 9.13. The summed E-state index contributed by atoms with van der Waals surface area (Å²) in [4.78, 5) is 53.5. The predicted octanol–water partition coefficient (Wildman–Crippen LogP) is 2.32. The molecule has 2 aliphatic heterocycles. The van der Waals surface area contributed by atoms with Crippen molar-refractivity contribution in [1.29, 1.82) is 0 Å². The summed E-state index contributed by atoms with van der Waals surface area (Å²) in [5.41, 5.74) is 2.45. The summed E-state index contributed by atoms with van der Waals surface area (Å²) in [5.74, 6) is -0.853. The number of halogens is 1. The number of rotatable bonds is 10. The molecule has 0 bridgehead atoms. The molecule has 2 fully saturated rings. The summed E-state index contributed by atoms with van der Waals surface area (Å²) in [5, 5.41) is 5.67. The number of carbonyl (C=O) groups excluding carboxylic acids is 4. The van der Waals surface area contributed by atoms with Gasteiger partial charge in [-0.1, -0.05) is 24.3 Å². The Labute approximate surface area is 227 Å². The minimum atomic E-state index is -0.589. The zero-order chi connectivity index (χ0) is 27.9.